The van der Waals surface area contributed by atoms with E-state index in [1.807, 2.05) is 24.5 Å². The molecule has 15 heavy (non-hydrogen) atoms. The number of fused-ring (bicyclic) bond motifs is 3. The second-order valence-corrected chi connectivity index (χ2v) is 3.09. The van der Waals surface area contributed by atoms with Gasteiger partial charge in [0.2, 0.25) is 0 Å². The van der Waals surface area contributed by atoms with Gasteiger partial charge in [0.15, 0.2) is 0 Å². The smallest absolute Gasteiger partial charge is 0.0651 e. The molecule has 0 aliphatic heterocycles. The van der Waals surface area contributed by atoms with Crippen LogP contribution in [-0.4, -0.2) is 15.4 Å². The first-order valence-corrected chi connectivity index (χ1v) is 4.25. The number of benzene rings is 1. The quantitative estimate of drug-likeness (QED) is 0.624. The number of pyridine rings is 1. The Morgan fingerprint density at radius 3 is 2.53 bits per heavy atom. The second-order valence-electron chi connectivity index (χ2n) is 3.09. The van der Waals surface area contributed by atoms with Crippen molar-refractivity contribution < 1.29 is 5.48 Å². The monoisotopic (exact) mass is 222 g/mol. The van der Waals surface area contributed by atoms with Crippen LogP contribution in [0.15, 0.2) is 42.7 Å². The highest BCUT2D eigenvalue weighted by atomic mass is 35.5. The van der Waals surface area contributed by atoms with Crippen LogP contribution in [0.4, 0.5) is 0 Å². The summed E-state index contributed by atoms with van der Waals surface area (Å²) in [7, 11) is 0. The molecule has 3 rings (SSSR count). The van der Waals surface area contributed by atoms with E-state index >= 15 is 0 Å². The van der Waals surface area contributed by atoms with Crippen LogP contribution in [-0.2, 0) is 0 Å². The summed E-state index contributed by atoms with van der Waals surface area (Å²) >= 11 is 0. The standard InChI is InChI=1S/C11H8N2.ClH.H2O/c1-2-4-10-8(3-1)9-5-6-12-7-11(9)13-10;;/h1-7,13H;1H;1H2. The first-order valence-electron chi connectivity index (χ1n) is 4.25. The molecule has 0 saturated carbocycles. The Balaban J connectivity index is 0.000000562. The van der Waals surface area contributed by atoms with E-state index in [4.69, 9.17) is 0 Å². The third-order valence-electron chi connectivity index (χ3n) is 2.31. The molecule has 3 aromatic rings. The molecule has 0 unspecified atom stereocenters. The van der Waals surface area contributed by atoms with Crippen molar-refractivity contribution in [2.24, 2.45) is 0 Å². The van der Waals surface area contributed by atoms with E-state index in [1.165, 1.54) is 16.3 Å². The maximum Gasteiger partial charge on any atom is 0.0651 e. The molecule has 4 heteroatoms. The van der Waals surface area contributed by atoms with Crippen molar-refractivity contribution in [3.63, 3.8) is 0 Å². The first-order chi connectivity index (χ1) is 6.45. The Hall–Kier alpha value is -1.58. The molecule has 3 N–H and O–H groups in total. The van der Waals surface area contributed by atoms with Gasteiger partial charge in [0.1, 0.15) is 0 Å². The number of aromatic nitrogens is 2. The SMILES string of the molecule is Cl.O.c1ccc2c(c1)[nH]c1cnccc12. The van der Waals surface area contributed by atoms with Gasteiger partial charge in [-0.25, -0.2) is 0 Å². The summed E-state index contributed by atoms with van der Waals surface area (Å²) in [6, 6.07) is 10.3. The largest absolute Gasteiger partial charge is 0.412 e. The minimum atomic E-state index is 0. The van der Waals surface area contributed by atoms with E-state index in [0.29, 0.717) is 0 Å². The van der Waals surface area contributed by atoms with Gasteiger partial charge in [-0.1, -0.05) is 18.2 Å². The molecule has 2 aromatic heterocycles. The van der Waals surface area contributed by atoms with Crippen LogP contribution in [0.2, 0.25) is 0 Å². The summed E-state index contributed by atoms with van der Waals surface area (Å²) in [6.07, 6.45) is 3.68. The van der Waals surface area contributed by atoms with Gasteiger partial charge in [0.05, 0.1) is 11.7 Å². The highest BCUT2D eigenvalue weighted by Gasteiger charge is 2.00. The maximum absolute atomic E-state index is 4.08. The number of hydrogen-bond donors (Lipinski definition) is 1. The molecule has 0 aliphatic carbocycles. The molecule has 0 bridgehead atoms. The summed E-state index contributed by atoms with van der Waals surface area (Å²) in [5, 5.41) is 2.51. The molecule has 0 amide bonds. The molecule has 1 aromatic carbocycles. The van der Waals surface area contributed by atoms with Crippen molar-refractivity contribution in [2.45, 2.75) is 0 Å². The molecule has 2 heterocycles. The lowest BCUT2D eigenvalue weighted by Gasteiger charge is -1.87. The van der Waals surface area contributed by atoms with E-state index < -0.39 is 0 Å². The number of hydrogen-bond acceptors (Lipinski definition) is 1. The normalized spacial score (nSPS) is 9.60. The Labute approximate surface area is 92.9 Å². The molecular weight excluding hydrogens is 212 g/mol. The average molecular weight is 223 g/mol. The van der Waals surface area contributed by atoms with E-state index in [1.54, 1.807) is 0 Å². The summed E-state index contributed by atoms with van der Waals surface area (Å²) in [6.45, 7) is 0. The Morgan fingerprint density at radius 2 is 1.67 bits per heavy atom. The minimum Gasteiger partial charge on any atom is -0.412 e. The van der Waals surface area contributed by atoms with Crippen LogP contribution < -0.4 is 0 Å². The molecule has 0 aliphatic rings. The Morgan fingerprint density at radius 1 is 0.933 bits per heavy atom. The minimum absolute atomic E-state index is 0. The zero-order valence-electron chi connectivity index (χ0n) is 7.90. The van der Waals surface area contributed by atoms with Crippen molar-refractivity contribution >= 4 is 34.2 Å². The molecule has 78 valence electrons. The zero-order valence-corrected chi connectivity index (χ0v) is 8.71. The highest BCUT2D eigenvalue weighted by Crippen LogP contribution is 2.23. The fourth-order valence-corrected chi connectivity index (χ4v) is 1.70. The van der Waals surface area contributed by atoms with Crippen molar-refractivity contribution in [3.05, 3.63) is 42.7 Å². The predicted molar refractivity (Wildman–Crippen MR) is 64.5 cm³/mol. The Kier molecular flexibility index (Phi) is 3.29. The van der Waals surface area contributed by atoms with Gasteiger partial charge < -0.3 is 10.5 Å². The number of halogens is 1. The van der Waals surface area contributed by atoms with Crippen molar-refractivity contribution in [3.8, 4) is 0 Å². The average Bonchev–Trinajstić information content (AvgIpc) is 2.56. The molecule has 0 saturated heterocycles. The van der Waals surface area contributed by atoms with E-state index in [-0.39, 0.29) is 17.9 Å². The lowest BCUT2D eigenvalue weighted by atomic mass is 10.2. The van der Waals surface area contributed by atoms with Gasteiger partial charge in [-0.15, -0.1) is 12.4 Å². The molecule has 0 atom stereocenters. The van der Waals surface area contributed by atoms with E-state index in [2.05, 4.69) is 28.2 Å². The van der Waals surface area contributed by atoms with Crippen LogP contribution in [0, 0.1) is 0 Å². The fourth-order valence-electron chi connectivity index (χ4n) is 1.70. The van der Waals surface area contributed by atoms with Gasteiger partial charge in [-0.3, -0.25) is 4.98 Å². The predicted octanol–water partition coefficient (Wildman–Crippen LogP) is 2.31. The zero-order chi connectivity index (χ0) is 8.67. The van der Waals surface area contributed by atoms with Crippen LogP contribution in [0.25, 0.3) is 21.8 Å². The molecule has 0 radical (unpaired) electrons. The lowest BCUT2D eigenvalue weighted by molar-refractivity contribution is 0.824. The molecular formula is C11H11ClN2O. The summed E-state index contributed by atoms with van der Waals surface area (Å²) in [5.74, 6) is 0. The van der Waals surface area contributed by atoms with Crippen molar-refractivity contribution in [2.75, 3.05) is 0 Å². The summed E-state index contributed by atoms with van der Waals surface area (Å²) in [5.41, 5.74) is 2.27. The van der Waals surface area contributed by atoms with Gasteiger partial charge in [0.25, 0.3) is 0 Å². The number of aromatic amines is 1. The molecule has 0 fully saturated rings. The molecule has 3 nitrogen and oxygen atoms in total. The van der Waals surface area contributed by atoms with E-state index in [9.17, 15) is 0 Å². The maximum atomic E-state index is 4.08. The summed E-state index contributed by atoms with van der Waals surface area (Å²) < 4.78 is 0. The van der Waals surface area contributed by atoms with Gasteiger partial charge >= 0.3 is 0 Å². The number of H-pyrrole nitrogens is 1. The first kappa shape index (κ1) is 11.5. The van der Waals surface area contributed by atoms with Crippen LogP contribution in [0.3, 0.4) is 0 Å². The summed E-state index contributed by atoms with van der Waals surface area (Å²) in [4.78, 5) is 7.39. The second kappa shape index (κ2) is 4.29. The number of para-hydroxylation sites is 1. The van der Waals surface area contributed by atoms with Gasteiger partial charge in [0, 0.05) is 22.5 Å². The number of nitrogens with zero attached hydrogens (tertiary/aromatic N) is 1. The molecule has 0 spiro atoms. The van der Waals surface area contributed by atoms with Gasteiger partial charge in [-0.05, 0) is 12.1 Å². The number of nitrogens with one attached hydrogen (secondary N) is 1. The van der Waals surface area contributed by atoms with E-state index in [0.717, 1.165) is 5.52 Å². The van der Waals surface area contributed by atoms with Crippen molar-refractivity contribution in [1.29, 1.82) is 0 Å². The third-order valence-corrected chi connectivity index (χ3v) is 2.31. The number of rotatable bonds is 0. The third kappa shape index (κ3) is 1.67. The van der Waals surface area contributed by atoms with Gasteiger partial charge in [-0.2, -0.15) is 0 Å². The highest BCUT2D eigenvalue weighted by molar-refractivity contribution is 6.06. The van der Waals surface area contributed by atoms with Crippen LogP contribution in [0.1, 0.15) is 0 Å². The van der Waals surface area contributed by atoms with Crippen LogP contribution in [0.5, 0.6) is 0 Å². The fraction of sp³-hybridized carbons (Fsp3) is 0. The van der Waals surface area contributed by atoms with Crippen molar-refractivity contribution in [1.82, 2.24) is 9.97 Å². The topological polar surface area (TPSA) is 60.2 Å². The van der Waals surface area contributed by atoms with Crippen LogP contribution >= 0.6 is 12.4 Å². The lowest BCUT2D eigenvalue weighted by Crippen LogP contribution is -1.68. The Bertz CT molecular complexity index is 526.